The van der Waals surface area contributed by atoms with Gasteiger partial charge in [-0.25, -0.2) is 4.98 Å². The molecule has 0 aromatic carbocycles. The van der Waals surface area contributed by atoms with Gasteiger partial charge in [-0.1, -0.05) is 0 Å². The van der Waals surface area contributed by atoms with E-state index in [-0.39, 0.29) is 11.9 Å². The summed E-state index contributed by atoms with van der Waals surface area (Å²) in [5.74, 6) is 0.530. The smallest absolute Gasteiger partial charge is 0.187 e. The molecule has 1 aromatic heterocycles. The van der Waals surface area contributed by atoms with Gasteiger partial charge in [0.15, 0.2) is 5.78 Å². The van der Waals surface area contributed by atoms with E-state index in [1.807, 2.05) is 0 Å². The number of pyridine rings is 1. The third-order valence-electron chi connectivity index (χ3n) is 2.94. The molecule has 1 aromatic rings. The van der Waals surface area contributed by atoms with Crippen LogP contribution in [0.2, 0.25) is 0 Å². The van der Waals surface area contributed by atoms with Crippen LogP contribution >= 0.6 is 0 Å². The SMILES string of the molecule is COc1cccnc1C(=O)CC1CCCCO1. The molecular weight excluding hydrogens is 218 g/mol. The summed E-state index contributed by atoms with van der Waals surface area (Å²) >= 11 is 0. The molecule has 1 saturated heterocycles. The van der Waals surface area contributed by atoms with Crippen molar-refractivity contribution in [2.75, 3.05) is 13.7 Å². The molecule has 0 saturated carbocycles. The van der Waals surface area contributed by atoms with Crippen LogP contribution in [0.3, 0.4) is 0 Å². The van der Waals surface area contributed by atoms with Crippen LogP contribution in [0, 0.1) is 0 Å². The lowest BCUT2D eigenvalue weighted by molar-refractivity contribution is 0.0127. The van der Waals surface area contributed by atoms with Gasteiger partial charge >= 0.3 is 0 Å². The number of nitrogens with zero attached hydrogens (tertiary/aromatic N) is 1. The van der Waals surface area contributed by atoms with Gasteiger partial charge in [0, 0.05) is 19.2 Å². The van der Waals surface area contributed by atoms with Crippen molar-refractivity contribution >= 4 is 5.78 Å². The molecule has 0 spiro atoms. The number of aromatic nitrogens is 1. The van der Waals surface area contributed by atoms with Crippen molar-refractivity contribution in [3.63, 3.8) is 0 Å². The van der Waals surface area contributed by atoms with Crippen molar-refractivity contribution < 1.29 is 14.3 Å². The van der Waals surface area contributed by atoms with Crippen LogP contribution in [-0.4, -0.2) is 30.6 Å². The molecule has 2 heterocycles. The largest absolute Gasteiger partial charge is 0.494 e. The molecule has 4 nitrogen and oxygen atoms in total. The molecule has 1 fully saturated rings. The average molecular weight is 235 g/mol. The summed E-state index contributed by atoms with van der Waals surface area (Å²) in [7, 11) is 1.55. The Bertz CT molecular complexity index is 386. The first-order valence-electron chi connectivity index (χ1n) is 5.95. The van der Waals surface area contributed by atoms with Crippen LogP contribution in [0.5, 0.6) is 5.75 Å². The van der Waals surface area contributed by atoms with Crippen molar-refractivity contribution in [1.82, 2.24) is 4.98 Å². The molecular formula is C13H17NO3. The maximum Gasteiger partial charge on any atom is 0.187 e. The van der Waals surface area contributed by atoms with Crippen molar-refractivity contribution in [3.05, 3.63) is 24.0 Å². The number of ketones is 1. The molecule has 0 radical (unpaired) electrons. The Balaban J connectivity index is 2.03. The van der Waals surface area contributed by atoms with Gasteiger partial charge in [0.25, 0.3) is 0 Å². The van der Waals surface area contributed by atoms with Gasteiger partial charge in [0.1, 0.15) is 11.4 Å². The van der Waals surface area contributed by atoms with E-state index in [9.17, 15) is 4.79 Å². The van der Waals surface area contributed by atoms with E-state index in [1.54, 1.807) is 25.4 Å². The van der Waals surface area contributed by atoms with Crippen LogP contribution in [0.15, 0.2) is 18.3 Å². The summed E-state index contributed by atoms with van der Waals surface area (Å²) in [4.78, 5) is 16.2. The van der Waals surface area contributed by atoms with Crippen LogP contribution in [-0.2, 0) is 4.74 Å². The first-order chi connectivity index (χ1) is 8.31. The molecule has 0 N–H and O–H groups in total. The van der Waals surface area contributed by atoms with Crippen molar-refractivity contribution in [2.24, 2.45) is 0 Å². The highest BCUT2D eigenvalue weighted by molar-refractivity contribution is 5.97. The second-order valence-electron chi connectivity index (χ2n) is 4.17. The zero-order valence-electron chi connectivity index (χ0n) is 10.0. The zero-order chi connectivity index (χ0) is 12.1. The fourth-order valence-corrected chi connectivity index (χ4v) is 2.04. The second kappa shape index (κ2) is 5.77. The first kappa shape index (κ1) is 12.0. The molecule has 0 bridgehead atoms. The van der Waals surface area contributed by atoms with Gasteiger partial charge in [0.2, 0.25) is 0 Å². The van der Waals surface area contributed by atoms with Crippen LogP contribution in [0.25, 0.3) is 0 Å². The van der Waals surface area contributed by atoms with E-state index in [1.165, 1.54) is 0 Å². The summed E-state index contributed by atoms with van der Waals surface area (Å²) in [5.41, 5.74) is 0.407. The van der Waals surface area contributed by atoms with Crippen molar-refractivity contribution in [1.29, 1.82) is 0 Å². The molecule has 2 rings (SSSR count). The molecule has 0 amide bonds. The van der Waals surface area contributed by atoms with E-state index in [2.05, 4.69) is 4.98 Å². The normalized spacial score (nSPS) is 19.9. The van der Waals surface area contributed by atoms with Gasteiger partial charge < -0.3 is 9.47 Å². The second-order valence-corrected chi connectivity index (χ2v) is 4.17. The molecule has 0 aliphatic carbocycles. The highest BCUT2D eigenvalue weighted by Gasteiger charge is 2.21. The maximum absolute atomic E-state index is 12.1. The van der Waals surface area contributed by atoms with Crippen molar-refractivity contribution in [3.8, 4) is 5.75 Å². The minimum absolute atomic E-state index is 0.00523. The van der Waals surface area contributed by atoms with E-state index >= 15 is 0 Å². The van der Waals surface area contributed by atoms with E-state index < -0.39 is 0 Å². The predicted octanol–water partition coefficient (Wildman–Crippen LogP) is 2.23. The van der Waals surface area contributed by atoms with E-state index in [4.69, 9.17) is 9.47 Å². The fraction of sp³-hybridized carbons (Fsp3) is 0.538. The number of carbonyl (C=O) groups is 1. The van der Waals surface area contributed by atoms with Gasteiger partial charge in [-0.15, -0.1) is 0 Å². The molecule has 1 aliphatic heterocycles. The standard InChI is InChI=1S/C13H17NO3/c1-16-12-6-4-7-14-13(12)11(15)9-10-5-2-3-8-17-10/h4,6-7,10H,2-3,5,8-9H2,1H3. The van der Waals surface area contributed by atoms with Gasteiger partial charge in [-0.3, -0.25) is 4.79 Å². The molecule has 92 valence electrons. The summed E-state index contributed by atoms with van der Waals surface area (Å²) in [6.07, 6.45) is 5.24. The lowest BCUT2D eigenvalue weighted by Crippen LogP contribution is -2.23. The number of hydrogen-bond acceptors (Lipinski definition) is 4. The molecule has 4 heteroatoms. The number of methoxy groups -OCH3 is 1. The van der Waals surface area contributed by atoms with E-state index in [0.717, 1.165) is 25.9 Å². The number of hydrogen-bond donors (Lipinski definition) is 0. The van der Waals surface area contributed by atoms with Crippen LogP contribution < -0.4 is 4.74 Å². The Morgan fingerprint density at radius 2 is 2.47 bits per heavy atom. The Hall–Kier alpha value is -1.42. The number of ether oxygens (including phenoxy) is 2. The van der Waals surface area contributed by atoms with E-state index in [0.29, 0.717) is 17.9 Å². The maximum atomic E-state index is 12.1. The predicted molar refractivity (Wildman–Crippen MR) is 63.3 cm³/mol. The van der Waals surface area contributed by atoms with Gasteiger partial charge in [0.05, 0.1) is 13.2 Å². The Morgan fingerprint density at radius 1 is 1.59 bits per heavy atom. The first-order valence-corrected chi connectivity index (χ1v) is 5.95. The number of Topliss-reactive ketones (excluding diaryl/α,β-unsaturated/α-hetero) is 1. The summed E-state index contributed by atoms with van der Waals surface area (Å²) in [6.45, 7) is 0.761. The molecule has 17 heavy (non-hydrogen) atoms. The Morgan fingerprint density at radius 3 is 3.18 bits per heavy atom. The molecule has 1 unspecified atom stereocenters. The summed E-state index contributed by atoms with van der Waals surface area (Å²) < 4.78 is 10.7. The highest BCUT2D eigenvalue weighted by Crippen LogP contribution is 2.21. The quantitative estimate of drug-likeness (QED) is 0.751. The van der Waals surface area contributed by atoms with Crippen LogP contribution in [0.1, 0.15) is 36.2 Å². The summed E-state index contributed by atoms with van der Waals surface area (Å²) in [5, 5.41) is 0. The third-order valence-corrected chi connectivity index (χ3v) is 2.94. The third kappa shape index (κ3) is 3.03. The Kier molecular flexibility index (Phi) is 4.09. The van der Waals surface area contributed by atoms with Gasteiger partial charge in [-0.05, 0) is 31.4 Å². The minimum Gasteiger partial charge on any atom is -0.494 e. The number of carbonyl (C=O) groups excluding carboxylic acids is 1. The lowest BCUT2D eigenvalue weighted by Gasteiger charge is -2.21. The average Bonchev–Trinajstić information content (AvgIpc) is 2.40. The van der Waals surface area contributed by atoms with Crippen molar-refractivity contribution in [2.45, 2.75) is 31.8 Å². The molecule has 1 atom stereocenters. The van der Waals surface area contributed by atoms with Crippen LogP contribution in [0.4, 0.5) is 0 Å². The minimum atomic E-state index is -0.00523. The monoisotopic (exact) mass is 235 g/mol. The zero-order valence-corrected chi connectivity index (χ0v) is 10.0. The summed E-state index contributed by atoms with van der Waals surface area (Å²) in [6, 6.07) is 3.51. The Labute approximate surface area is 101 Å². The van der Waals surface area contributed by atoms with Gasteiger partial charge in [-0.2, -0.15) is 0 Å². The molecule has 1 aliphatic rings. The highest BCUT2D eigenvalue weighted by atomic mass is 16.5. The number of rotatable bonds is 4. The lowest BCUT2D eigenvalue weighted by atomic mass is 10.0. The topological polar surface area (TPSA) is 48.4 Å². The fourth-order valence-electron chi connectivity index (χ4n) is 2.04.